The number of hydrogen-bond donors (Lipinski definition) is 3. The second kappa shape index (κ2) is 11.6. The van der Waals surface area contributed by atoms with Gasteiger partial charge in [0.2, 0.25) is 5.91 Å². The number of ketones is 4. The van der Waals surface area contributed by atoms with Crippen LogP contribution in [0.5, 0.6) is 5.75 Å². The predicted octanol–water partition coefficient (Wildman–Crippen LogP) is 2.16. The van der Waals surface area contributed by atoms with Gasteiger partial charge in [0.05, 0.1) is 17.5 Å². The molecule has 0 radical (unpaired) electrons. The Balaban J connectivity index is 1.38. The van der Waals surface area contributed by atoms with E-state index in [0.29, 0.717) is 5.56 Å². The van der Waals surface area contributed by atoms with Crippen molar-refractivity contribution in [1.82, 2.24) is 9.80 Å². The quantitative estimate of drug-likeness (QED) is 0.360. The first kappa shape index (κ1) is 31.3. The van der Waals surface area contributed by atoms with Crippen LogP contribution < -0.4 is 5.73 Å². The average Bonchev–Trinajstić information content (AvgIpc) is 3.79. The number of rotatable bonds is 9. The van der Waals surface area contributed by atoms with Crippen LogP contribution in [0.25, 0.3) is 11.1 Å². The van der Waals surface area contributed by atoms with Crippen molar-refractivity contribution in [3.8, 4) is 16.9 Å². The molecule has 6 rings (SSSR count). The van der Waals surface area contributed by atoms with Crippen molar-refractivity contribution in [2.75, 3.05) is 27.2 Å². The molecule has 4 aliphatic rings. The van der Waals surface area contributed by atoms with Crippen molar-refractivity contribution in [2.24, 2.45) is 35.3 Å². The molecule has 4 aliphatic carbocycles. The van der Waals surface area contributed by atoms with Crippen molar-refractivity contribution in [2.45, 2.75) is 57.2 Å². The number of fused-ring (bicyclic) bond motifs is 3. The van der Waals surface area contributed by atoms with Gasteiger partial charge in [-0.05, 0) is 99.0 Å². The summed E-state index contributed by atoms with van der Waals surface area (Å²) in [5.74, 6) is -9.67. The van der Waals surface area contributed by atoms with E-state index >= 15 is 0 Å². The zero-order valence-electron chi connectivity index (χ0n) is 26.0. The fourth-order valence-electron chi connectivity index (χ4n) is 8.19. The first-order valence-corrected chi connectivity index (χ1v) is 15.9. The van der Waals surface area contributed by atoms with Gasteiger partial charge in [-0.2, -0.15) is 0 Å². The number of aliphatic hydroxyl groups is 1. The lowest BCUT2D eigenvalue weighted by Crippen LogP contribution is -2.74. The van der Waals surface area contributed by atoms with E-state index in [4.69, 9.17) is 5.73 Å². The molecule has 6 atom stereocenters. The van der Waals surface area contributed by atoms with Crippen LogP contribution in [0.15, 0.2) is 36.4 Å². The number of nitrogens with two attached hydrogens (primary N) is 1. The fraction of sp³-hybridized carbons (Fsp3) is 0.514. The van der Waals surface area contributed by atoms with Gasteiger partial charge in [-0.15, -0.1) is 0 Å². The van der Waals surface area contributed by atoms with Crippen LogP contribution in [-0.2, 0) is 32.1 Å². The molecule has 2 aromatic carbocycles. The fourth-order valence-corrected chi connectivity index (χ4v) is 8.19. The summed E-state index contributed by atoms with van der Waals surface area (Å²) in [4.78, 5) is 71.2. The summed E-state index contributed by atoms with van der Waals surface area (Å²) in [6, 6.07) is 10.2. The standard InChI is InChI=1S/C35H41N3O7/c1-4-12-38(16-18-8-9-18)17-19-6-5-7-20(13-19)22-10-11-25(39)27-23(22)14-21-15-24-29(37(2)3)31(41)28(34(36)44)33(43)35(24,45)32(42)26(21)30(27)40/h5-7,10-11,13,18,21,24,26,28-29,39,45H,4,8-9,12,14-17H2,1-3H3,(H2,36,44)/t21-,24-,26?,28?,29-,35-/m0/s1. The lowest BCUT2D eigenvalue weighted by Gasteiger charge is -2.52. The molecule has 0 bridgehead atoms. The van der Waals surface area contributed by atoms with Gasteiger partial charge in [0.15, 0.2) is 34.7 Å². The number of hydrogen-bond acceptors (Lipinski definition) is 9. The third-order valence-electron chi connectivity index (χ3n) is 10.3. The molecular formula is C35H41N3O7. The van der Waals surface area contributed by atoms with E-state index < -0.39 is 64.4 Å². The Hall–Kier alpha value is -3.73. The van der Waals surface area contributed by atoms with Gasteiger partial charge >= 0.3 is 0 Å². The van der Waals surface area contributed by atoms with Gasteiger partial charge < -0.3 is 15.9 Å². The highest BCUT2D eigenvalue weighted by molar-refractivity contribution is 6.32. The first-order chi connectivity index (χ1) is 21.4. The Labute approximate surface area is 262 Å². The third-order valence-corrected chi connectivity index (χ3v) is 10.3. The molecule has 2 aromatic rings. The molecular weight excluding hydrogens is 574 g/mol. The van der Waals surface area contributed by atoms with Crippen LogP contribution >= 0.6 is 0 Å². The van der Waals surface area contributed by atoms with Crippen LogP contribution in [0, 0.1) is 29.6 Å². The van der Waals surface area contributed by atoms with E-state index in [2.05, 4.69) is 24.0 Å². The minimum absolute atomic E-state index is 0.00541. The van der Waals surface area contributed by atoms with Crippen LogP contribution in [-0.4, -0.2) is 87.9 Å². The predicted molar refractivity (Wildman–Crippen MR) is 165 cm³/mol. The molecule has 45 heavy (non-hydrogen) atoms. The number of carbonyl (C=O) groups excluding carboxylic acids is 5. The van der Waals surface area contributed by atoms with Gasteiger partial charge in [0.25, 0.3) is 0 Å². The zero-order valence-corrected chi connectivity index (χ0v) is 26.0. The maximum Gasteiger partial charge on any atom is 0.235 e. The lowest BCUT2D eigenvalue weighted by molar-refractivity contribution is -0.181. The Morgan fingerprint density at radius 2 is 1.80 bits per heavy atom. The smallest absolute Gasteiger partial charge is 0.235 e. The van der Waals surface area contributed by atoms with Crippen molar-refractivity contribution in [3.63, 3.8) is 0 Å². The van der Waals surface area contributed by atoms with Gasteiger partial charge in [-0.1, -0.05) is 31.2 Å². The summed E-state index contributed by atoms with van der Waals surface area (Å²) in [5.41, 5.74) is 6.06. The van der Waals surface area contributed by atoms with E-state index in [1.165, 1.54) is 23.8 Å². The molecule has 0 spiro atoms. The van der Waals surface area contributed by atoms with E-state index in [9.17, 15) is 34.2 Å². The maximum atomic E-state index is 14.1. The van der Waals surface area contributed by atoms with Crippen LogP contribution in [0.3, 0.4) is 0 Å². The van der Waals surface area contributed by atoms with Gasteiger partial charge in [0, 0.05) is 19.0 Å². The number of aromatic hydroxyl groups is 1. The molecule has 4 N–H and O–H groups in total. The van der Waals surface area contributed by atoms with Crippen LogP contribution in [0.1, 0.15) is 54.1 Å². The van der Waals surface area contributed by atoms with Crippen molar-refractivity contribution in [3.05, 3.63) is 53.1 Å². The number of phenolic OH excluding ortho intramolecular Hbond substituents is 1. The second-order valence-corrected chi connectivity index (χ2v) is 13.7. The Morgan fingerprint density at radius 3 is 2.44 bits per heavy atom. The molecule has 10 nitrogen and oxygen atoms in total. The third kappa shape index (κ3) is 5.13. The summed E-state index contributed by atoms with van der Waals surface area (Å²) >= 11 is 0. The lowest BCUT2D eigenvalue weighted by atomic mass is 9.52. The largest absolute Gasteiger partial charge is 0.507 e. The minimum Gasteiger partial charge on any atom is -0.507 e. The summed E-state index contributed by atoms with van der Waals surface area (Å²) in [6.45, 7) is 5.06. The molecule has 0 heterocycles. The van der Waals surface area contributed by atoms with E-state index in [1.54, 1.807) is 20.2 Å². The molecule has 0 aromatic heterocycles. The van der Waals surface area contributed by atoms with Gasteiger partial charge in [-0.25, -0.2) is 0 Å². The first-order valence-electron chi connectivity index (χ1n) is 15.9. The highest BCUT2D eigenvalue weighted by Gasteiger charge is 2.69. The molecule has 1 amide bonds. The van der Waals surface area contributed by atoms with Crippen LogP contribution in [0.4, 0.5) is 0 Å². The summed E-state index contributed by atoms with van der Waals surface area (Å²) < 4.78 is 0. The number of likely N-dealkylation sites (N-methyl/N-ethyl adjacent to an activating group) is 1. The van der Waals surface area contributed by atoms with E-state index in [1.807, 2.05) is 12.1 Å². The topological polar surface area (TPSA) is 158 Å². The number of amides is 1. The molecule has 3 saturated carbocycles. The number of nitrogens with zero attached hydrogens (tertiary/aromatic N) is 2. The molecule has 10 heteroatoms. The Kier molecular flexibility index (Phi) is 8.04. The highest BCUT2D eigenvalue weighted by atomic mass is 16.3. The monoisotopic (exact) mass is 615 g/mol. The molecule has 2 unspecified atom stereocenters. The summed E-state index contributed by atoms with van der Waals surface area (Å²) in [6.07, 6.45) is 3.86. The van der Waals surface area contributed by atoms with Crippen molar-refractivity contribution in [1.29, 1.82) is 0 Å². The normalized spacial score (nSPS) is 29.5. The van der Waals surface area contributed by atoms with E-state index in [0.717, 1.165) is 48.7 Å². The number of Topliss-reactive ketones (excluding diaryl/α,β-unsaturated/α-hetero) is 4. The zero-order chi connectivity index (χ0) is 32.4. The average molecular weight is 616 g/mol. The van der Waals surface area contributed by atoms with E-state index in [-0.39, 0.29) is 24.2 Å². The molecule has 3 fully saturated rings. The summed E-state index contributed by atoms with van der Waals surface area (Å²) in [5, 5.41) is 22.7. The Bertz CT molecular complexity index is 1600. The molecule has 0 saturated heterocycles. The summed E-state index contributed by atoms with van der Waals surface area (Å²) in [7, 11) is 3.15. The van der Waals surface area contributed by atoms with Gasteiger partial charge in [0.1, 0.15) is 5.75 Å². The van der Waals surface area contributed by atoms with Crippen LogP contribution in [0.2, 0.25) is 0 Å². The number of benzene rings is 2. The second-order valence-electron chi connectivity index (χ2n) is 13.7. The maximum absolute atomic E-state index is 14.1. The number of carbonyl (C=O) groups is 5. The Morgan fingerprint density at radius 1 is 1.07 bits per heavy atom. The minimum atomic E-state index is -2.73. The number of primary amides is 1. The molecule has 238 valence electrons. The highest BCUT2D eigenvalue weighted by Crippen LogP contribution is 2.51. The van der Waals surface area contributed by atoms with Crippen molar-refractivity contribution < 1.29 is 34.2 Å². The molecule has 0 aliphatic heterocycles. The number of phenols is 1. The van der Waals surface area contributed by atoms with Gasteiger partial charge in [-0.3, -0.25) is 33.8 Å². The SMILES string of the molecule is CCCN(Cc1cccc(-c2ccc(O)c3c2C[C@H]2C[C@H]4[C@H](N(C)C)C(=O)C(C(N)=O)C(=O)[C@@]4(O)C(=O)C2C3=O)c1)CC1CC1. The van der Waals surface area contributed by atoms with Crippen molar-refractivity contribution >= 4 is 29.0 Å².